The maximum atomic E-state index is 12.9. The molecule has 0 spiro atoms. The van der Waals surface area contributed by atoms with Crippen molar-refractivity contribution >= 4 is 39.3 Å². The highest BCUT2D eigenvalue weighted by atomic mass is 33.1. The van der Waals surface area contributed by atoms with Gasteiger partial charge >= 0.3 is 0 Å². The molecule has 0 saturated carbocycles. The van der Waals surface area contributed by atoms with Crippen LogP contribution in [0.4, 0.5) is 0 Å². The Morgan fingerprint density at radius 3 is 1.98 bits per heavy atom. The Hall–Kier alpha value is -3.38. The van der Waals surface area contributed by atoms with E-state index in [-0.39, 0.29) is 30.7 Å². The molecule has 9 nitrogen and oxygen atoms in total. The predicted molar refractivity (Wildman–Crippen MR) is 211 cm³/mol. The van der Waals surface area contributed by atoms with Gasteiger partial charge in [0.15, 0.2) is 0 Å². The smallest absolute Gasteiger partial charge is 0.253 e. The van der Waals surface area contributed by atoms with Crippen molar-refractivity contribution in [3.8, 4) is 0 Å². The molecule has 0 bridgehead atoms. The average molecular weight is 727 g/mol. The molecule has 0 aliphatic carbocycles. The molecule has 276 valence electrons. The lowest BCUT2D eigenvalue weighted by Gasteiger charge is -2.33. The summed E-state index contributed by atoms with van der Waals surface area (Å²) in [5.74, 6) is -0.0496. The molecule has 0 aliphatic heterocycles. The molecule has 1 aromatic heterocycles. The van der Waals surface area contributed by atoms with Gasteiger partial charge in [0.25, 0.3) is 5.91 Å². The molecule has 0 aliphatic rings. The van der Waals surface area contributed by atoms with Crippen molar-refractivity contribution in [1.82, 2.24) is 20.9 Å². The molecule has 11 heteroatoms. The van der Waals surface area contributed by atoms with Crippen LogP contribution < -0.4 is 16.0 Å². The summed E-state index contributed by atoms with van der Waals surface area (Å²) >= 11 is 0. The third-order valence-electron chi connectivity index (χ3n) is 7.12. The van der Waals surface area contributed by atoms with Crippen LogP contribution in [0.15, 0.2) is 97.4 Å². The second-order valence-corrected chi connectivity index (χ2v) is 15.0. The second-order valence-electron chi connectivity index (χ2n) is 11.9. The molecule has 50 heavy (non-hydrogen) atoms. The molecule has 0 saturated heterocycles. The van der Waals surface area contributed by atoms with E-state index in [0.29, 0.717) is 30.7 Å². The van der Waals surface area contributed by atoms with E-state index < -0.39 is 23.5 Å². The first-order valence-electron chi connectivity index (χ1n) is 17.4. The van der Waals surface area contributed by atoms with Gasteiger partial charge in [0.05, 0.1) is 24.3 Å². The van der Waals surface area contributed by atoms with Gasteiger partial charge in [0.2, 0.25) is 11.8 Å². The Balaban J connectivity index is 2.30. The number of amides is 3. The number of pyridine rings is 1. The van der Waals surface area contributed by atoms with E-state index in [1.165, 1.54) is 17.0 Å². The van der Waals surface area contributed by atoms with Gasteiger partial charge in [0, 0.05) is 48.8 Å². The minimum atomic E-state index is -1.05. The van der Waals surface area contributed by atoms with Crippen LogP contribution in [0.2, 0.25) is 0 Å². The van der Waals surface area contributed by atoms with E-state index in [0.717, 1.165) is 38.5 Å². The lowest BCUT2D eigenvalue weighted by Crippen LogP contribution is -2.50. The van der Waals surface area contributed by atoms with Gasteiger partial charge in [-0.2, -0.15) is 0 Å². The number of rotatable bonds is 27. The van der Waals surface area contributed by atoms with Crippen molar-refractivity contribution in [2.75, 3.05) is 25.4 Å². The van der Waals surface area contributed by atoms with Crippen LogP contribution in [0, 0.1) is 0 Å². The summed E-state index contributed by atoms with van der Waals surface area (Å²) in [5.41, 5.74) is 0.383. The van der Waals surface area contributed by atoms with Gasteiger partial charge in [0.1, 0.15) is 0 Å². The number of hydrogen-bond donors (Lipinski definition) is 5. The minimum absolute atomic E-state index is 0.00209. The Morgan fingerprint density at radius 2 is 1.44 bits per heavy atom. The molecule has 1 aromatic rings. The highest BCUT2D eigenvalue weighted by Gasteiger charge is 2.34. The molecule has 2 unspecified atom stereocenters. The van der Waals surface area contributed by atoms with E-state index >= 15 is 0 Å². The summed E-state index contributed by atoms with van der Waals surface area (Å²) in [5, 5.41) is 27.1. The third-order valence-corrected chi connectivity index (χ3v) is 10.5. The predicted octanol–water partition coefficient (Wildman–Crippen LogP) is 6.79. The summed E-state index contributed by atoms with van der Waals surface area (Å²) in [6, 6.07) is 2.77. The van der Waals surface area contributed by atoms with Gasteiger partial charge < -0.3 is 26.2 Å². The zero-order chi connectivity index (χ0) is 36.7. The van der Waals surface area contributed by atoms with Crippen LogP contribution in [-0.2, 0) is 9.59 Å². The van der Waals surface area contributed by atoms with E-state index in [1.807, 2.05) is 19.9 Å². The molecule has 1 heterocycles. The minimum Gasteiger partial charge on any atom is -0.394 e. The van der Waals surface area contributed by atoms with Crippen molar-refractivity contribution < 1.29 is 24.6 Å². The van der Waals surface area contributed by atoms with E-state index in [2.05, 4.69) is 94.7 Å². The number of aliphatic hydroxyl groups is 2. The number of allylic oxidation sites excluding steroid dienone is 12. The molecule has 1 rings (SSSR count). The van der Waals surface area contributed by atoms with Crippen molar-refractivity contribution in [2.45, 2.75) is 95.5 Å². The number of carbonyl (C=O) groups is 3. The van der Waals surface area contributed by atoms with E-state index in [4.69, 9.17) is 5.11 Å². The Bertz CT molecular complexity index is 1260. The van der Waals surface area contributed by atoms with Crippen LogP contribution in [0.25, 0.3) is 0 Å². The fraction of sp³-hybridized carbons (Fsp3) is 0.487. The molecule has 0 fully saturated rings. The standard InChI is InChI=1S/C39H58N4O5S2/c1-4-5-6-7-8-9-10-11-12-13-14-15-16-17-18-19-20-21-22-25-36(46)41-27-28-49-50-39(2,3)35(29-37(47)42-31-34(45)32-44)43-38(48)33-24-23-26-40-30-33/h5-6,8-9,11-12,14-15,17-18,20-21,23-24,26,30,34-35,44-45H,4,7,10,13,16,19,22,25,27-29,31-32H2,1-3H3,(H,41,46)(H,42,47)(H,43,48)/b6-5-,9-8-,12-11-,15-14-,18-17-,21-20-. The van der Waals surface area contributed by atoms with Gasteiger partial charge in [-0.15, -0.1) is 0 Å². The van der Waals surface area contributed by atoms with Crippen molar-refractivity contribution in [1.29, 1.82) is 0 Å². The molecule has 0 radical (unpaired) electrons. The largest absolute Gasteiger partial charge is 0.394 e. The first-order chi connectivity index (χ1) is 24.2. The number of aromatic nitrogens is 1. The fourth-order valence-corrected chi connectivity index (χ4v) is 6.78. The lowest BCUT2D eigenvalue weighted by atomic mass is 9.98. The molecule has 5 N–H and O–H groups in total. The summed E-state index contributed by atoms with van der Waals surface area (Å²) < 4.78 is -0.560. The summed E-state index contributed by atoms with van der Waals surface area (Å²) in [4.78, 5) is 41.8. The van der Waals surface area contributed by atoms with Crippen LogP contribution in [0.1, 0.15) is 88.9 Å². The fourth-order valence-electron chi connectivity index (χ4n) is 4.19. The lowest BCUT2D eigenvalue weighted by molar-refractivity contribution is -0.122. The normalized spacial score (nSPS) is 13.7. The second kappa shape index (κ2) is 29.4. The number of carbonyl (C=O) groups excluding carboxylic acids is 3. The van der Waals surface area contributed by atoms with Crippen molar-refractivity contribution in [2.24, 2.45) is 0 Å². The molecule has 2 atom stereocenters. The van der Waals surface area contributed by atoms with Gasteiger partial charge in [-0.25, -0.2) is 0 Å². The number of nitrogens with zero attached hydrogens (tertiary/aromatic N) is 1. The van der Waals surface area contributed by atoms with Gasteiger partial charge in [-0.3, -0.25) is 19.4 Å². The summed E-state index contributed by atoms with van der Waals surface area (Å²) in [7, 11) is 3.08. The molecular weight excluding hydrogens is 669 g/mol. The average Bonchev–Trinajstić information content (AvgIpc) is 3.11. The maximum Gasteiger partial charge on any atom is 0.253 e. The Kier molecular flexibility index (Phi) is 26.2. The molecule has 3 amide bonds. The molecule has 0 aromatic carbocycles. The maximum absolute atomic E-state index is 12.9. The van der Waals surface area contributed by atoms with Crippen LogP contribution in [0.5, 0.6) is 0 Å². The zero-order valence-electron chi connectivity index (χ0n) is 30.0. The third kappa shape index (κ3) is 23.9. The van der Waals surface area contributed by atoms with Crippen LogP contribution in [0.3, 0.4) is 0 Å². The Labute approximate surface area is 307 Å². The molecular formula is C39H58N4O5S2. The number of aliphatic hydroxyl groups excluding tert-OH is 2. The van der Waals surface area contributed by atoms with Crippen molar-refractivity contribution in [3.63, 3.8) is 0 Å². The highest BCUT2D eigenvalue weighted by molar-refractivity contribution is 8.77. The monoisotopic (exact) mass is 726 g/mol. The van der Waals surface area contributed by atoms with E-state index in [1.54, 1.807) is 29.1 Å². The SMILES string of the molecule is CC/C=C\C/C=C\C/C=C\C/C=C\C/C=C\C/C=C\CCC(=O)NCCSSC(C)(C)C(CC(=O)NCC(O)CO)NC(=O)c1cccnc1. The van der Waals surface area contributed by atoms with E-state index in [9.17, 15) is 19.5 Å². The summed E-state index contributed by atoms with van der Waals surface area (Å²) in [6.45, 7) is 5.99. The van der Waals surface area contributed by atoms with Gasteiger partial charge in [-0.05, 0) is 70.9 Å². The van der Waals surface area contributed by atoms with Crippen molar-refractivity contribution in [3.05, 3.63) is 103 Å². The van der Waals surface area contributed by atoms with Gasteiger partial charge in [-0.1, -0.05) is 101 Å². The number of nitrogens with one attached hydrogen (secondary N) is 3. The first-order valence-corrected chi connectivity index (χ1v) is 19.7. The zero-order valence-corrected chi connectivity index (χ0v) is 31.6. The van der Waals surface area contributed by atoms with Crippen LogP contribution >= 0.6 is 21.6 Å². The Morgan fingerprint density at radius 1 is 0.860 bits per heavy atom. The number of hydrogen-bond acceptors (Lipinski definition) is 8. The van der Waals surface area contributed by atoms with Crippen LogP contribution in [-0.4, -0.2) is 75.3 Å². The first kappa shape index (κ1) is 44.6. The topological polar surface area (TPSA) is 141 Å². The highest BCUT2D eigenvalue weighted by Crippen LogP contribution is 2.39. The quantitative estimate of drug-likeness (QED) is 0.0379. The summed E-state index contributed by atoms with van der Waals surface area (Å²) in [6.07, 6.45) is 34.8.